The van der Waals surface area contributed by atoms with Crippen LogP contribution in [0, 0.1) is 0 Å². The van der Waals surface area contributed by atoms with E-state index in [9.17, 15) is 0 Å². The van der Waals surface area contributed by atoms with Gasteiger partial charge in [-0.05, 0) is 47.7 Å². The van der Waals surface area contributed by atoms with E-state index >= 15 is 0 Å². The Morgan fingerprint density at radius 1 is 1.05 bits per heavy atom. The molecule has 0 atom stereocenters. The van der Waals surface area contributed by atoms with Gasteiger partial charge in [-0.1, -0.05) is 44.9 Å². The van der Waals surface area contributed by atoms with E-state index in [1.54, 1.807) is 7.11 Å². The fourth-order valence-electron chi connectivity index (χ4n) is 2.51. The highest BCUT2D eigenvalue weighted by molar-refractivity contribution is 5.71. The molecule has 0 radical (unpaired) electrons. The maximum atomic E-state index is 5.22. The number of ether oxygens (including phenoxy) is 1. The van der Waals surface area contributed by atoms with Gasteiger partial charge in [0.05, 0.1) is 7.11 Å². The molecule has 0 bridgehead atoms. The number of methoxy groups -OCH3 is 1. The van der Waals surface area contributed by atoms with E-state index in [0.717, 1.165) is 30.6 Å². The summed E-state index contributed by atoms with van der Waals surface area (Å²) in [5.74, 6) is 0.877. The third-order valence-corrected chi connectivity index (χ3v) is 3.73. The first-order chi connectivity index (χ1) is 10.8. The summed E-state index contributed by atoms with van der Waals surface area (Å²) in [5, 5.41) is 0. The third kappa shape index (κ3) is 4.20. The van der Waals surface area contributed by atoms with Crippen LogP contribution < -0.4 is 4.74 Å². The number of nitrogens with zero attached hydrogens (tertiary/aromatic N) is 1. The highest BCUT2D eigenvalue weighted by atomic mass is 16.5. The predicted octanol–water partition coefficient (Wildman–Crippen LogP) is 5.74. The largest absolute Gasteiger partial charge is 0.497 e. The molecule has 0 fully saturated rings. The molecular weight excluding hydrogens is 270 g/mol. The van der Waals surface area contributed by atoms with Crippen LogP contribution >= 0.6 is 0 Å². The topological polar surface area (TPSA) is 22.1 Å². The Morgan fingerprint density at radius 2 is 1.82 bits per heavy atom. The zero-order valence-corrected chi connectivity index (χ0v) is 13.8. The number of hydrogen-bond acceptors (Lipinski definition) is 2. The Balaban J connectivity index is 2.31. The molecule has 116 valence electrons. The van der Waals surface area contributed by atoms with Gasteiger partial charge in [0, 0.05) is 18.0 Å². The highest BCUT2D eigenvalue weighted by Gasteiger charge is 2.05. The van der Waals surface area contributed by atoms with Crippen molar-refractivity contribution in [2.75, 3.05) is 7.11 Å². The standard InChI is InChI=1S/C20H25NO/c1-4-6-8-16(7-5-2)18-13-19(15-21-14-18)17-9-11-20(22-3)12-10-17/h8-15H,4-7H2,1-3H3/b16-8+. The summed E-state index contributed by atoms with van der Waals surface area (Å²) in [6.45, 7) is 4.44. The van der Waals surface area contributed by atoms with Gasteiger partial charge in [-0.15, -0.1) is 0 Å². The van der Waals surface area contributed by atoms with Gasteiger partial charge in [0.2, 0.25) is 0 Å². The number of rotatable bonds is 7. The summed E-state index contributed by atoms with van der Waals surface area (Å²) in [7, 11) is 1.69. The maximum Gasteiger partial charge on any atom is 0.118 e. The number of benzene rings is 1. The monoisotopic (exact) mass is 295 g/mol. The summed E-state index contributed by atoms with van der Waals surface area (Å²) < 4.78 is 5.22. The molecule has 0 spiro atoms. The molecule has 2 rings (SSSR count). The molecule has 0 saturated heterocycles. The molecule has 0 aliphatic carbocycles. The van der Waals surface area contributed by atoms with E-state index in [-0.39, 0.29) is 0 Å². The molecule has 0 unspecified atom stereocenters. The van der Waals surface area contributed by atoms with Gasteiger partial charge in [0.1, 0.15) is 5.75 Å². The average molecular weight is 295 g/mol. The quantitative estimate of drug-likeness (QED) is 0.649. The zero-order chi connectivity index (χ0) is 15.8. The normalized spacial score (nSPS) is 11.5. The van der Waals surface area contributed by atoms with Crippen molar-refractivity contribution in [1.29, 1.82) is 0 Å². The minimum absolute atomic E-state index is 0.877. The minimum atomic E-state index is 0.877. The summed E-state index contributed by atoms with van der Waals surface area (Å²) in [4.78, 5) is 4.44. The Labute approximate surface area is 133 Å². The third-order valence-electron chi connectivity index (χ3n) is 3.73. The highest BCUT2D eigenvalue weighted by Crippen LogP contribution is 2.27. The van der Waals surface area contributed by atoms with Gasteiger partial charge < -0.3 is 4.74 Å². The molecule has 0 amide bonds. The fraction of sp³-hybridized carbons (Fsp3) is 0.350. The molecule has 2 heteroatoms. The van der Waals surface area contributed by atoms with Crippen molar-refractivity contribution in [3.05, 3.63) is 54.4 Å². The lowest BCUT2D eigenvalue weighted by molar-refractivity contribution is 0.415. The summed E-state index contributed by atoms with van der Waals surface area (Å²) in [5.41, 5.74) is 4.97. The summed E-state index contributed by atoms with van der Waals surface area (Å²) in [6, 6.07) is 10.4. The van der Waals surface area contributed by atoms with E-state index in [1.165, 1.54) is 23.1 Å². The summed E-state index contributed by atoms with van der Waals surface area (Å²) in [6.07, 6.45) is 10.8. The van der Waals surface area contributed by atoms with Crippen LogP contribution in [0.2, 0.25) is 0 Å². The van der Waals surface area contributed by atoms with Crippen LogP contribution in [0.25, 0.3) is 16.7 Å². The first kappa shape index (κ1) is 16.3. The molecule has 0 aliphatic heterocycles. The van der Waals surface area contributed by atoms with Crippen LogP contribution in [-0.4, -0.2) is 12.1 Å². The number of allylic oxidation sites excluding steroid dienone is 2. The predicted molar refractivity (Wildman–Crippen MR) is 94.0 cm³/mol. The van der Waals surface area contributed by atoms with Crippen molar-refractivity contribution in [3.63, 3.8) is 0 Å². The number of hydrogen-bond donors (Lipinski definition) is 0. The summed E-state index contributed by atoms with van der Waals surface area (Å²) >= 11 is 0. The van der Waals surface area contributed by atoms with Crippen LogP contribution in [0.4, 0.5) is 0 Å². The fourth-order valence-corrected chi connectivity index (χ4v) is 2.51. The van der Waals surface area contributed by atoms with Crippen LogP contribution in [0.3, 0.4) is 0 Å². The number of unbranched alkanes of at least 4 members (excludes halogenated alkanes) is 1. The van der Waals surface area contributed by atoms with Crippen LogP contribution in [0.15, 0.2) is 48.8 Å². The Morgan fingerprint density at radius 3 is 2.45 bits per heavy atom. The molecule has 0 saturated carbocycles. The first-order valence-corrected chi connectivity index (χ1v) is 8.07. The zero-order valence-electron chi connectivity index (χ0n) is 13.8. The smallest absolute Gasteiger partial charge is 0.118 e. The van der Waals surface area contributed by atoms with Gasteiger partial charge >= 0.3 is 0 Å². The average Bonchev–Trinajstić information content (AvgIpc) is 2.59. The maximum absolute atomic E-state index is 5.22. The van der Waals surface area contributed by atoms with Crippen LogP contribution in [0.5, 0.6) is 5.75 Å². The number of aromatic nitrogens is 1. The lowest BCUT2D eigenvalue weighted by Crippen LogP contribution is -1.89. The second-order valence-electron chi connectivity index (χ2n) is 5.46. The molecule has 1 aromatic heterocycles. The van der Waals surface area contributed by atoms with Gasteiger partial charge in [-0.2, -0.15) is 0 Å². The van der Waals surface area contributed by atoms with Crippen molar-refractivity contribution in [1.82, 2.24) is 4.98 Å². The van der Waals surface area contributed by atoms with Gasteiger partial charge in [0.15, 0.2) is 0 Å². The Bertz CT molecular complexity index is 614. The molecule has 2 aromatic rings. The minimum Gasteiger partial charge on any atom is -0.497 e. The van der Waals surface area contributed by atoms with Crippen molar-refractivity contribution < 1.29 is 4.74 Å². The lowest BCUT2D eigenvalue weighted by Gasteiger charge is -2.09. The number of pyridine rings is 1. The van der Waals surface area contributed by atoms with Crippen molar-refractivity contribution in [2.45, 2.75) is 39.5 Å². The second kappa shape index (κ2) is 8.38. The van der Waals surface area contributed by atoms with E-state index in [1.807, 2.05) is 24.5 Å². The first-order valence-electron chi connectivity index (χ1n) is 8.07. The molecule has 2 nitrogen and oxygen atoms in total. The SMILES string of the molecule is CCC/C=C(\CCC)c1cncc(-c2ccc(OC)cc2)c1. The van der Waals surface area contributed by atoms with Gasteiger partial charge in [-0.3, -0.25) is 4.98 Å². The Hall–Kier alpha value is -2.09. The van der Waals surface area contributed by atoms with Crippen molar-refractivity contribution in [2.24, 2.45) is 0 Å². The van der Waals surface area contributed by atoms with E-state index in [4.69, 9.17) is 4.74 Å². The van der Waals surface area contributed by atoms with Crippen LogP contribution in [-0.2, 0) is 0 Å². The van der Waals surface area contributed by atoms with Crippen molar-refractivity contribution in [3.8, 4) is 16.9 Å². The lowest BCUT2D eigenvalue weighted by atomic mass is 9.98. The van der Waals surface area contributed by atoms with Gasteiger partial charge in [-0.25, -0.2) is 0 Å². The van der Waals surface area contributed by atoms with E-state index < -0.39 is 0 Å². The van der Waals surface area contributed by atoms with E-state index in [0.29, 0.717) is 0 Å². The molecule has 22 heavy (non-hydrogen) atoms. The molecule has 0 N–H and O–H groups in total. The molecule has 1 heterocycles. The van der Waals surface area contributed by atoms with E-state index in [2.05, 4.69) is 43.1 Å². The van der Waals surface area contributed by atoms with Gasteiger partial charge in [0.25, 0.3) is 0 Å². The van der Waals surface area contributed by atoms with Crippen LogP contribution in [0.1, 0.15) is 45.1 Å². The molecule has 1 aromatic carbocycles. The molecular formula is C20H25NO. The molecule has 0 aliphatic rings. The Kier molecular flexibility index (Phi) is 6.20. The second-order valence-corrected chi connectivity index (χ2v) is 5.46. The van der Waals surface area contributed by atoms with Crippen molar-refractivity contribution >= 4 is 5.57 Å².